The molecule has 4 N–H and O–H groups in total. The number of carbonyl (C=O) groups excluding carboxylic acids is 4. The summed E-state index contributed by atoms with van der Waals surface area (Å²) in [6, 6.07) is -2.31. The van der Waals surface area contributed by atoms with Crippen molar-refractivity contribution in [1.82, 2.24) is 10.6 Å². The molecule has 22 heavy (non-hydrogen) atoms. The van der Waals surface area contributed by atoms with Gasteiger partial charge in [-0.2, -0.15) is 12.6 Å². The smallest absolute Gasteiger partial charge is 0.548 e. The van der Waals surface area contributed by atoms with Crippen LogP contribution in [0.15, 0.2) is 0 Å². The number of thiol groups is 1. The predicted octanol–water partition coefficient (Wildman–Crippen LogP) is -10.9. The van der Waals surface area contributed by atoms with E-state index in [2.05, 4.69) is 17.9 Å². The molecular weight excluding hydrogens is 336 g/mol. The summed E-state index contributed by atoms with van der Waals surface area (Å²) in [4.78, 5) is 43.4. The van der Waals surface area contributed by atoms with Gasteiger partial charge in [0, 0.05) is 18.2 Å². The Labute approximate surface area is 177 Å². The molecule has 9 nitrogen and oxygen atoms in total. The molecule has 0 aromatic carbocycles. The number of carbonyl (C=O) groups is 4. The van der Waals surface area contributed by atoms with Crippen molar-refractivity contribution in [3.05, 3.63) is 0 Å². The van der Waals surface area contributed by atoms with E-state index >= 15 is 0 Å². The molecular formula is C10H15N3Na2O6S. The van der Waals surface area contributed by atoms with Crippen molar-refractivity contribution in [2.75, 3.05) is 12.3 Å². The van der Waals surface area contributed by atoms with Crippen molar-refractivity contribution in [3.8, 4) is 0 Å². The molecule has 114 valence electrons. The number of carboxylic acids is 2. The van der Waals surface area contributed by atoms with Gasteiger partial charge in [-0.3, -0.25) is 9.59 Å². The molecule has 0 aromatic rings. The van der Waals surface area contributed by atoms with E-state index in [1.165, 1.54) is 0 Å². The third-order valence-corrected chi connectivity index (χ3v) is 2.59. The van der Waals surface area contributed by atoms with E-state index in [-0.39, 0.29) is 77.7 Å². The van der Waals surface area contributed by atoms with Gasteiger partial charge in [-0.05, 0) is 6.42 Å². The number of carboxylic acid groups (broad SMARTS) is 2. The average molecular weight is 351 g/mol. The van der Waals surface area contributed by atoms with Crippen molar-refractivity contribution in [3.63, 3.8) is 0 Å². The van der Waals surface area contributed by atoms with Gasteiger partial charge in [0.25, 0.3) is 0 Å². The van der Waals surface area contributed by atoms with Gasteiger partial charge >= 0.3 is 59.1 Å². The van der Waals surface area contributed by atoms with Crippen LogP contribution in [0.5, 0.6) is 0 Å². The Balaban J connectivity index is -0.00000180. The summed E-state index contributed by atoms with van der Waals surface area (Å²) in [5.74, 6) is -4.35. The summed E-state index contributed by atoms with van der Waals surface area (Å²) in [6.45, 7) is -0.686. The molecule has 0 radical (unpaired) electrons. The topological polar surface area (TPSA) is 164 Å². The molecule has 0 unspecified atom stereocenters. The van der Waals surface area contributed by atoms with E-state index < -0.39 is 42.4 Å². The Hall–Kier alpha value is 0.190. The Kier molecular flexibility index (Phi) is 18.2. The van der Waals surface area contributed by atoms with Crippen molar-refractivity contribution in [1.29, 1.82) is 0 Å². The summed E-state index contributed by atoms with van der Waals surface area (Å²) < 4.78 is 0. The second-order valence-electron chi connectivity index (χ2n) is 3.86. The summed E-state index contributed by atoms with van der Waals surface area (Å²) in [6.07, 6.45) is -0.360. The molecule has 12 heteroatoms. The first-order valence-electron chi connectivity index (χ1n) is 5.62. The summed E-state index contributed by atoms with van der Waals surface area (Å²) >= 11 is 3.85. The van der Waals surface area contributed by atoms with Crippen LogP contribution in [0.3, 0.4) is 0 Å². The van der Waals surface area contributed by atoms with Crippen molar-refractivity contribution < 1.29 is 88.5 Å². The van der Waals surface area contributed by atoms with Crippen molar-refractivity contribution in [2.24, 2.45) is 5.73 Å². The monoisotopic (exact) mass is 351 g/mol. The Morgan fingerprint density at radius 2 is 1.68 bits per heavy atom. The summed E-state index contributed by atoms with van der Waals surface area (Å²) in [5.41, 5.74) is 5.16. The molecule has 0 spiro atoms. The molecule has 0 bridgehead atoms. The molecule has 0 aliphatic heterocycles. The fourth-order valence-corrected chi connectivity index (χ4v) is 1.40. The SMILES string of the molecule is N[C@@H](CCC(=O)N[C@@H](CS)C(=O)NCC(=O)[O-])C(=O)[O-].[Na+].[Na+]. The second-order valence-corrected chi connectivity index (χ2v) is 4.22. The fraction of sp³-hybridized carbons (Fsp3) is 0.600. The quantitative estimate of drug-likeness (QED) is 0.236. The third-order valence-electron chi connectivity index (χ3n) is 2.23. The molecule has 0 aliphatic carbocycles. The van der Waals surface area contributed by atoms with E-state index in [4.69, 9.17) is 5.73 Å². The molecule has 0 aliphatic rings. The van der Waals surface area contributed by atoms with Gasteiger partial charge in [-0.25, -0.2) is 0 Å². The maximum absolute atomic E-state index is 11.5. The zero-order chi connectivity index (χ0) is 15.7. The van der Waals surface area contributed by atoms with Crippen LogP contribution >= 0.6 is 12.6 Å². The van der Waals surface area contributed by atoms with Crippen LogP contribution in [0.1, 0.15) is 12.8 Å². The number of hydrogen-bond acceptors (Lipinski definition) is 8. The first-order chi connectivity index (χ1) is 9.27. The Bertz CT molecular complexity index is 399. The van der Waals surface area contributed by atoms with Gasteiger partial charge in [0.05, 0.1) is 18.5 Å². The third kappa shape index (κ3) is 12.7. The molecule has 0 heterocycles. The zero-order valence-corrected chi connectivity index (χ0v) is 17.4. The summed E-state index contributed by atoms with van der Waals surface area (Å²) in [5, 5.41) is 24.8. The van der Waals surface area contributed by atoms with Crippen molar-refractivity contribution in [2.45, 2.75) is 24.9 Å². The number of amides is 2. The fourth-order valence-electron chi connectivity index (χ4n) is 1.15. The first kappa shape index (κ1) is 27.1. The molecule has 0 rings (SSSR count). The minimum absolute atomic E-state index is 0. The molecule has 0 saturated carbocycles. The van der Waals surface area contributed by atoms with E-state index in [0.29, 0.717) is 0 Å². The molecule has 2 atom stereocenters. The molecule has 2 amide bonds. The molecule has 0 fully saturated rings. The minimum atomic E-state index is -1.48. The predicted molar refractivity (Wildman–Crippen MR) is 66.0 cm³/mol. The average Bonchev–Trinajstić information content (AvgIpc) is 2.38. The minimum Gasteiger partial charge on any atom is -0.548 e. The summed E-state index contributed by atoms with van der Waals surface area (Å²) in [7, 11) is 0. The zero-order valence-electron chi connectivity index (χ0n) is 12.5. The van der Waals surface area contributed by atoms with Gasteiger partial charge in [-0.15, -0.1) is 0 Å². The number of nitrogens with two attached hydrogens (primary N) is 1. The largest absolute Gasteiger partial charge is 1.00 e. The van der Waals surface area contributed by atoms with Crippen LogP contribution in [0.2, 0.25) is 0 Å². The van der Waals surface area contributed by atoms with Gasteiger partial charge in [-0.1, -0.05) is 0 Å². The van der Waals surface area contributed by atoms with Gasteiger partial charge in [0.2, 0.25) is 11.8 Å². The van der Waals surface area contributed by atoms with E-state index in [9.17, 15) is 29.4 Å². The van der Waals surface area contributed by atoms with Crippen LogP contribution in [0.25, 0.3) is 0 Å². The first-order valence-corrected chi connectivity index (χ1v) is 6.25. The number of rotatable bonds is 9. The number of aliphatic carboxylic acids is 2. The van der Waals surface area contributed by atoms with Crippen LogP contribution in [-0.2, 0) is 19.2 Å². The van der Waals surface area contributed by atoms with Gasteiger partial charge in [0.1, 0.15) is 6.04 Å². The Morgan fingerprint density at radius 1 is 1.14 bits per heavy atom. The van der Waals surface area contributed by atoms with Gasteiger partial charge in [0.15, 0.2) is 0 Å². The van der Waals surface area contributed by atoms with Crippen LogP contribution in [0, 0.1) is 0 Å². The normalized spacial score (nSPS) is 11.9. The maximum atomic E-state index is 11.5. The second kappa shape index (κ2) is 14.8. The number of hydrogen-bond donors (Lipinski definition) is 4. The van der Waals surface area contributed by atoms with E-state index in [1.54, 1.807) is 0 Å². The van der Waals surface area contributed by atoms with Crippen LogP contribution in [-0.4, -0.2) is 48.1 Å². The van der Waals surface area contributed by atoms with Crippen LogP contribution in [0.4, 0.5) is 0 Å². The van der Waals surface area contributed by atoms with Crippen molar-refractivity contribution >= 4 is 36.4 Å². The number of nitrogens with one attached hydrogen (secondary N) is 2. The van der Waals surface area contributed by atoms with Crippen LogP contribution < -0.4 is 85.7 Å². The Morgan fingerprint density at radius 3 is 2.09 bits per heavy atom. The van der Waals surface area contributed by atoms with E-state index in [1.807, 2.05) is 5.32 Å². The standard InChI is InChI=1S/C10H17N3O6S.2Na/c11-5(10(18)19)1-2-7(14)13-6(4-20)9(17)12-3-8(15)16;;/h5-6,20H,1-4,11H2,(H,12,17)(H,13,14)(H,15,16)(H,18,19);;/q;2*+1/p-2/t5-,6-;;/m0../s1. The maximum Gasteiger partial charge on any atom is 1.00 e. The van der Waals surface area contributed by atoms with E-state index in [0.717, 1.165) is 0 Å². The molecule has 0 aromatic heterocycles. The van der Waals surface area contributed by atoms with Gasteiger partial charge < -0.3 is 36.2 Å². The molecule has 0 saturated heterocycles.